The summed E-state index contributed by atoms with van der Waals surface area (Å²) >= 11 is 0. The third-order valence-corrected chi connectivity index (χ3v) is 4.80. The molecule has 8 nitrogen and oxygen atoms in total. The van der Waals surface area contributed by atoms with Gasteiger partial charge in [0.25, 0.3) is 17.5 Å². The quantitative estimate of drug-likeness (QED) is 0.476. The van der Waals surface area contributed by atoms with Gasteiger partial charge in [-0.25, -0.2) is 14.3 Å². The average Bonchev–Trinajstić information content (AvgIpc) is 3.17. The third kappa shape index (κ3) is 3.59. The molecule has 0 spiro atoms. The van der Waals surface area contributed by atoms with E-state index in [1.165, 1.54) is 4.52 Å². The van der Waals surface area contributed by atoms with Crippen molar-refractivity contribution in [1.29, 1.82) is 0 Å². The van der Waals surface area contributed by atoms with Crippen molar-refractivity contribution in [3.63, 3.8) is 0 Å². The molecular weight excluding hydrogens is 382 g/mol. The average molecular weight is 403 g/mol. The molecule has 2 aromatic heterocycles. The van der Waals surface area contributed by atoms with Crippen LogP contribution in [0.4, 0.5) is 5.69 Å². The Labute approximate surface area is 173 Å². The largest absolute Gasteiger partial charge is 0.450 e. The summed E-state index contributed by atoms with van der Waals surface area (Å²) < 4.78 is 6.68. The van der Waals surface area contributed by atoms with Crippen LogP contribution in [-0.2, 0) is 9.53 Å². The molecule has 8 heteroatoms. The number of benzene rings is 2. The predicted octanol–water partition coefficient (Wildman–Crippen LogP) is 3.10. The minimum absolute atomic E-state index is 0.128. The molecule has 152 valence electrons. The van der Waals surface area contributed by atoms with Gasteiger partial charge in [-0.15, -0.1) is 5.10 Å². The lowest BCUT2D eigenvalue weighted by Crippen LogP contribution is -2.34. The van der Waals surface area contributed by atoms with Crippen LogP contribution in [0.2, 0.25) is 0 Å². The second-order valence-corrected chi connectivity index (χ2v) is 6.90. The number of anilines is 1. The molecule has 0 unspecified atom stereocenters. The van der Waals surface area contributed by atoms with Crippen LogP contribution in [0.15, 0.2) is 48.5 Å². The van der Waals surface area contributed by atoms with Gasteiger partial charge in [-0.1, -0.05) is 36.4 Å². The Kier molecular flexibility index (Phi) is 5.14. The minimum atomic E-state index is -0.764. The summed E-state index contributed by atoms with van der Waals surface area (Å²) in [4.78, 5) is 35.2. The Balaban J connectivity index is 1.52. The number of hydrogen-bond acceptors (Lipinski definition) is 6. The van der Waals surface area contributed by atoms with Crippen molar-refractivity contribution < 1.29 is 14.3 Å². The first-order valence-electron chi connectivity index (χ1n) is 9.64. The van der Waals surface area contributed by atoms with Crippen LogP contribution < -0.4 is 4.90 Å². The molecule has 0 aliphatic rings. The lowest BCUT2D eigenvalue weighted by atomic mass is 10.1. The zero-order valence-corrected chi connectivity index (χ0v) is 17.0. The summed E-state index contributed by atoms with van der Waals surface area (Å²) in [5.41, 5.74) is 2.35. The van der Waals surface area contributed by atoms with Crippen LogP contribution in [-0.4, -0.2) is 44.6 Å². The summed E-state index contributed by atoms with van der Waals surface area (Å²) in [5.74, 6) is -0.898. The van der Waals surface area contributed by atoms with Crippen LogP contribution in [0.3, 0.4) is 0 Å². The second-order valence-electron chi connectivity index (χ2n) is 6.90. The first-order chi connectivity index (χ1) is 14.5. The zero-order valence-electron chi connectivity index (χ0n) is 17.0. The molecule has 0 atom stereocenters. The molecule has 0 aliphatic heterocycles. The van der Waals surface area contributed by atoms with Crippen molar-refractivity contribution in [3.05, 3.63) is 65.7 Å². The van der Waals surface area contributed by atoms with Gasteiger partial charge in [-0.05, 0) is 38.3 Å². The molecular formula is C22H21N5O3. The number of ether oxygens (including phenoxy) is 1. The number of esters is 1. The Morgan fingerprint density at radius 2 is 1.83 bits per heavy atom. The molecule has 2 heterocycles. The van der Waals surface area contributed by atoms with Gasteiger partial charge in [0.1, 0.15) is 0 Å². The van der Waals surface area contributed by atoms with Gasteiger partial charge < -0.3 is 9.64 Å². The lowest BCUT2D eigenvalue weighted by Gasteiger charge is -2.22. The molecule has 0 fully saturated rings. The highest BCUT2D eigenvalue weighted by molar-refractivity contribution is 6.04. The van der Waals surface area contributed by atoms with Gasteiger partial charge in [-0.2, -0.15) is 4.98 Å². The topological polar surface area (TPSA) is 89.7 Å². The van der Waals surface area contributed by atoms with E-state index in [1.807, 2.05) is 69.3 Å². The van der Waals surface area contributed by atoms with Crippen molar-refractivity contribution in [1.82, 2.24) is 19.6 Å². The number of carbonyl (C=O) groups is 2. The maximum atomic E-state index is 12.8. The number of aromatic nitrogens is 4. The maximum absolute atomic E-state index is 12.8. The van der Waals surface area contributed by atoms with E-state index in [2.05, 4.69) is 15.1 Å². The first kappa shape index (κ1) is 19.5. The van der Waals surface area contributed by atoms with Gasteiger partial charge in [0, 0.05) is 23.3 Å². The van der Waals surface area contributed by atoms with E-state index >= 15 is 0 Å². The van der Waals surface area contributed by atoms with Crippen molar-refractivity contribution in [3.8, 4) is 0 Å². The lowest BCUT2D eigenvalue weighted by molar-refractivity contribution is -0.121. The van der Waals surface area contributed by atoms with Gasteiger partial charge in [0.15, 0.2) is 6.61 Å². The van der Waals surface area contributed by atoms with E-state index < -0.39 is 12.6 Å². The molecule has 4 aromatic rings. The predicted molar refractivity (Wildman–Crippen MR) is 113 cm³/mol. The number of aryl methyl sites for hydroxylation is 2. The summed E-state index contributed by atoms with van der Waals surface area (Å²) in [6, 6.07) is 15.4. The fourth-order valence-electron chi connectivity index (χ4n) is 3.45. The van der Waals surface area contributed by atoms with Crippen molar-refractivity contribution in [2.24, 2.45) is 0 Å². The number of likely N-dealkylation sites (N-methyl/N-ethyl adjacent to an activating group) is 1. The Hall–Kier alpha value is -3.81. The summed E-state index contributed by atoms with van der Waals surface area (Å²) in [7, 11) is 0. The third-order valence-electron chi connectivity index (χ3n) is 4.80. The van der Waals surface area contributed by atoms with Gasteiger partial charge >= 0.3 is 5.97 Å². The Bertz CT molecular complexity index is 1260. The number of hydrogen-bond donors (Lipinski definition) is 0. The first-order valence-corrected chi connectivity index (χ1v) is 9.64. The van der Waals surface area contributed by atoms with E-state index in [-0.39, 0.29) is 11.7 Å². The molecule has 2 aromatic carbocycles. The summed E-state index contributed by atoms with van der Waals surface area (Å²) in [6.07, 6.45) is 0. The molecule has 30 heavy (non-hydrogen) atoms. The molecule has 1 amide bonds. The van der Waals surface area contributed by atoms with Crippen molar-refractivity contribution >= 4 is 34.1 Å². The second kappa shape index (κ2) is 7.90. The van der Waals surface area contributed by atoms with Crippen LogP contribution in [0.25, 0.3) is 16.6 Å². The zero-order chi connectivity index (χ0) is 21.3. The highest BCUT2D eigenvalue weighted by atomic mass is 16.5. The number of fused-ring (bicyclic) bond motifs is 2. The van der Waals surface area contributed by atoms with Crippen molar-refractivity contribution in [2.45, 2.75) is 20.8 Å². The smallest absolute Gasteiger partial charge is 0.378 e. The van der Waals surface area contributed by atoms with Crippen LogP contribution in [0, 0.1) is 13.8 Å². The molecule has 0 N–H and O–H groups in total. The number of carbonyl (C=O) groups excluding carboxylic acids is 2. The van der Waals surface area contributed by atoms with Crippen LogP contribution >= 0.6 is 0 Å². The molecule has 0 radical (unpaired) electrons. The van der Waals surface area contributed by atoms with Gasteiger partial charge in [0.2, 0.25) is 0 Å². The fourth-order valence-corrected chi connectivity index (χ4v) is 3.45. The van der Waals surface area contributed by atoms with Gasteiger partial charge in [0.05, 0.1) is 5.69 Å². The van der Waals surface area contributed by atoms with E-state index in [9.17, 15) is 9.59 Å². The van der Waals surface area contributed by atoms with Crippen LogP contribution in [0.5, 0.6) is 0 Å². The summed E-state index contributed by atoms with van der Waals surface area (Å²) in [6.45, 7) is 5.60. The minimum Gasteiger partial charge on any atom is -0.450 e. The molecule has 0 saturated carbocycles. The summed E-state index contributed by atoms with van der Waals surface area (Å²) in [5, 5.41) is 6.13. The van der Waals surface area contributed by atoms with E-state index in [1.54, 1.807) is 4.90 Å². The number of nitrogens with zero attached hydrogens (tertiary/aromatic N) is 5. The van der Waals surface area contributed by atoms with E-state index in [0.29, 0.717) is 12.3 Å². The van der Waals surface area contributed by atoms with E-state index in [0.717, 1.165) is 27.8 Å². The molecule has 0 bridgehead atoms. The van der Waals surface area contributed by atoms with Crippen molar-refractivity contribution in [2.75, 3.05) is 18.1 Å². The number of rotatable bonds is 5. The molecule has 0 saturated heterocycles. The fraction of sp³-hybridized carbons (Fsp3) is 0.227. The van der Waals surface area contributed by atoms with Gasteiger partial charge in [-0.3, -0.25) is 4.79 Å². The molecule has 0 aliphatic carbocycles. The Morgan fingerprint density at radius 3 is 2.63 bits per heavy atom. The highest BCUT2D eigenvalue weighted by Gasteiger charge is 2.21. The van der Waals surface area contributed by atoms with Crippen LogP contribution in [0.1, 0.15) is 28.9 Å². The Morgan fingerprint density at radius 1 is 1.07 bits per heavy atom. The maximum Gasteiger partial charge on any atom is 0.378 e. The highest BCUT2D eigenvalue weighted by Crippen LogP contribution is 2.26. The van der Waals surface area contributed by atoms with E-state index in [4.69, 9.17) is 4.74 Å². The molecule has 4 rings (SSSR count). The number of amides is 1. The monoisotopic (exact) mass is 403 g/mol. The SMILES string of the molecule is CCN(C(=O)COC(=O)c1nc2nc(C)cc(C)n2n1)c1cccc2ccccc12. The standard InChI is InChI=1S/C22H21N5O3/c1-4-26(18-11-7-9-16-8-5-6-10-17(16)18)19(28)13-30-21(29)20-24-22-23-14(2)12-15(3)27(22)25-20/h5-12H,4,13H2,1-3H3. The normalized spacial score (nSPS) is 11.0.